The summed E-state index contributed by atoms with van der Waals surface area (Å²) in [6.45, 7) is 10.2. The molecule has 29 heavy (non-hydrogen) atoms. The third-order valence-electron chi connectivity index (χ3n) is 10.8. The van der Waals surface area contributed by atoms with E-state index < -0.39 is 5.72 Å². The summed E-state index contributed by atoms with van der Waals surface area (Å²) in [5.41, 5.74) is 0.225. The van der Waals surface area contributed by atoms with Gasteiger partial charge in [0.2, 0.25) is 5.91 Å². The van der Waals surface area contributed by atoms with Crippen LogP contribution in [0.3, 0.4) is 0 Å². The molecule has 4 saturated carbocycles. The van der Waals surface area contributed by atoms with Gasteiger partial charge in [-0.05, 0) is 94.3 Å². The van der Waals surface area contributed by atoms with Crippen LogP contribution in [-0.4, -0.2) is 33.1 Å². The van der Waals surface area contributed by atoms with E-state index in [4.69, 9.17) is 4.74 Å². The topological polar surface area (TPSA) is 29.5 Å². The van der Waals surface area contributed by atoms with E-state index in [9.17, 15) is 4.79 Å². The number of halogens is 1. The fourth-order valence-corrected chi connectivity index (χ4v) is 9.70. The monoisotopic (exact) mass is 513 g/mol. The molecule has 0 N–H and O–H groups in total. The van der Waals surface area contributed by atoms with Gasteiger partial charge in [-0.25, -0.2) is 0 Å². The van der Waals surface area contributed by atoms with Gasteiger partial charge in [-0.3, -0.25) is 4.79 Å². The highest BCUT2D eigenvalue weighted by atomic mass is 127. The van der Waals surface area contributed by atoms with Gasteiger partial charge in [0.05, 0.1) is 16.6 Å². The fourth-order valence-electron chi connectivity index (χ4n) is 9.29. The Kier molecular flexibility index (Phi) is 4.95. The number of fused-ring (bicyclic) bond motifs is 6. The molecule has 164 valence electrons. The maximum absolute atomic E-state index is 12.7. The first kappa shape index (κ1) is 21.0. The Morgan fingerprint density at radius 2 is 1.72 bits per heavy atom. The predicted octanol–water partition coefficient (Wildman–Crippen LogP) is 6.19. The first-order chi connectivity index (χ1) is 13.7. The minimum atomic E-state index is -0.468. The lowest BCUT2D eigenvalue weighted by Gasteiger charge is -2.61. The molecule has 0 radical (unpaired) electrons. The molecule has 5 rings (SSSR count). The van der Waals surface area contributed by atoms with Crippen molar-refractivity contribution >= 4 is 28.5 Å². The van der Waals surface area contributed by atoms with Crippen LogP contribution in [0.5, 0.6) is 0 Å². The van der Waals surface area contributed by atoms with Gasteiger partial charge in [0.25, 0.3) is 0 Å². The molecule has 3 nitrogen and oxygen atoms in total. The minimum absolute atomic E-state index is 0.127. The van der Waals surface area contributed by atoms with Gasteiger partial charge >= 0.3 is 0 Å². The molecule has 1 saturated heterocycles. The maximum atomic E-state index is 12.7. The second kappa shape index (κ2) is 6.83. The third kappa shape index (κ3) is 2.79. The molecule has 0 aromatic rings. The van der Waals surface area contributed by atoms with Crippen molar-refractivity contribution in [1.29, 1.82) is 0 Å². The lowest BCUT2D eigenvalue weighted by atomic mass is 9.44. The second-order valence-electron chi connectivity index (χ2n) is 12.1. The zero-order valence-corrected chi connectivity index (χ0v) is 21.1. The van der Waals surface area contributed by atoms with Crippen LogP contribution in [-0.2, 0) is 9.53 Å². The first-order valence-corrected chi connectivity index (χ1v) is 13.8. The molecule has 5 fully saturated rings. The average Bonchev–Trinajstić information content (AvgIpc) is 3.13. The summed E-state index contributed by atoms with van der Waals surface area (Å²) < 4.78 is 7.47. The maximum Gasteiger partial charge on any atom is 0.234 e. The Hall–Kier alpha value is 0.160. The van der Waals surface area contributed by atoms with Gasteiger partial charge in [0.1, 0.15) is 5.72 Å². The highest BCUT2D eigenvalue weighted by molar-refractivity contribution is 14.1. The number of rotatable bonds is 1. The Labute approximate surface area is 191 Å². The molecule has 1 heterocycles. The fraction of sp³-hybridized carbons (Fsp3) is 0.960. The van der Waals surface area contributed by atoms with Crippen LogP contribution in [0, 0.1) is 34.5 Å². The molecule has 0 aromatic heterocycles. The summed E-state index contributed by atoms with van der Waals surface area (Å²) in [4.78, 5) is 14.8. The molecule has 4 heteroatoms. The molecule has 7 atom stereocenters. The number of ether oxygens (including phenoxy) is 1. The molecule has 0 bridgehead atoms. The summed E-state index contributed by atoms with van der Waals surface area (Å²) in [6, 6.07) is 0. The molecule has 5 aliphatic rings. The van der Waals surface area contributed by atoms with E-state index >= 15 is 0 Å². The van der Waals surface area contributed by atoms with Crippen molar-refractivity contribution < 1.29 is 9.53 Å². The number of carbonyl (C=O) groups is 1. The molecule has 1 spiro atoms. The highest BCUT2D eigenvalue weighted by Gasteiger charge is 2.69. The van der Waals surface area contributed by atoms with Crippen molar-refractivity contribution in [3.8, 4) is 0 Å². The van der Waals surface area contributed by atoms with Gasteiger partial charge in [0, 0.05) is 5.41 Å². The summed E-state index contributed by atoms with van der Waals surface area (Å²) >= 11 is 2.21. The van der Waals surface area contributed by atoms with E-state index in [2.05, 4.69) is 55.2 Å². The van der Waals surface area contributed by atoms with Crippen LogP contribution >= 0.6 is 22.6 Å². The second-order valence-corrected chi connectivity index (χ2v) is 12.8. The first-order valence-electron chi connectivity index (χ1n) is 12.2. The van der Waals surface area contributed by atoms with Crippen molar-refractivity contribution in [3.05, 3.63) is 0 Å². The summed E-state index contributed by atoms with van der Waals surface area (Å²) in [5, 5.41) is 0. The van der Waals surface area contributed by atoms with E-state index in [0.717, 1.165) is 36.6 Å². The Morgan fingerprint density at radius 3 is 2.48 bits per heavy atom. The van der Waals surface area contributed by atoms with E-state index in [1.807, 2.05) is 0 Å². The van der Waals surface area contributed by atoms with E-state index in [1.165, 1.54) is 57.8 Å². The lowest BCUT2D eigenvalue weighted by molar-refractivity contribution is -0.188. The highest BCUT2D eigenvalue weighted by Crippen LogP contribution is 2.70. The number of hydrogen-bond acceptors (Lipinski definition) is 2. The third-order valence-corrected chi connectivity index (χ3v) is 11.4. The minimum Gasteiger partial charge on any atom is -0.347 e. The van der Waals surface area contributed by atoms with Gasteiger partial charge < -0.3 is 9.64 Å². The van der Waals surface area contributed by atoms with Crippen molar-refractivity contribution in [3.63, 3.8) is 0 Å². The van der Waals surface area contributed by atoms with Crippen LogP contribution in [0.15, 0.2) is 0 Å². The Balaban J connectivity index is 1.45. The Morgan fingerprint density at radius 1 is 0.966 bits per heavy atom. The normalized spacial score (nSPS) is 50.9. The largest absolute Gasteiger partial charge is 0.347 e. The standard InChI is InChI=1S/C25H40INO2/c1-22(2)27(21(28)15-26)16-25(29-22)14-11-20-18-9-8-17-7-5-6-12-23(17,3)19(18)10-13-24(20,25)4/h17-20H,5-16H2,1-4H3/t17-,18-,19+,20-,23+,24+,25-/m1/s1. The average molecular weight is 514 g/mol. The number of amides is 1. The zero-order chi connectivity index (χ0) is 20.7. The van der Waals surface area contributed by atoms with Crippen molar-refractivity contribution in [1.82, 2.24) is 4.90 Å². The van der Waals surface area contributed by atoms with Crippen LogP contribution < -0.4 is 0 Å². The molecular formula is C25H40INO2. The smallest absolute Gasteiger partial charge is 0.234 e. The van der Waals surface area contributed by atoms with Crippen LogP contribution in [0.25, 0.3) is 0 Å². The molecule has 4 aliphatic carbocycles. The van der Waals surface area contributed by atoms with E-state index in [0.29, 0.717) is 9.84 Å². The van der Waals surface area contributed by atoms with Crippen molar-refractivity contribution in [2.45, 2.75) is 103 Å². The Bertz CT molecular complexity index is 694. The number of alkyl halides is 1. The molecule has 1 aliphatic heterocycles. The predicted molar refractivity (Wildman–Crippen MR) is 125 cm³/mol. The van der Waals surface area contributed by atoms with Gasteiger partial charge in [0.15, 0.2) is 0 Å². The summed E-state index contributed by atoms with van der Waals surface area (Å²) in [5.74, 6) is 3.82. The number of carbonyl (C=O) groups excluding carboxylic acids is 1. The quantitative estimate of drug-likeness (QED) is 0.309. The number of nitrogens with zero attached hydrogens (tertiary/aromatic N) is 1. The van der Waals surface area contributed by atoms with Crippen molar-refractivity contribution in [2.24, 2.45) is 34.5 Å². The van der Waals surface area contributed by atoms with Gasteiger partial charge in [-0.15, -0.1) is 0 Å². The molecular weight excluding hydrogens is 473 g/mol. The van der Waals surface area contributed by atoms with Crippen molar-refractivity contribution in [2.75, 3.05) is 11.0 Å². The van der Waals surface area contributed by atoms with Crippen LogP contribution in [0.2, 0.25) is 0 Å². The van der Waals surface area contributed by atoms with E-state index in [-0.39, 0.29) is 16.9 Å². The lowest BCUT2D eigenvalue weighted by Crippen LogP contribution is -2.57. The van der Waals surface area contributed by atoms with Crippen LogP contribution in [0.1, 0.15) is 91.9 Å². The van der Waals surface area contributed by atoms with E-state index in [1.54, 1.807) is 0 Å². The van der Waals surface area contributed by atoms with Crippen LogP contribution in [0.4, 0.5) is 0 Å². The summed E-state index contributed by atoms with van der Waals surface area (Å²) in [6.07, 6.45) is 13.9. The molecule has 1 amide bonds. The van der Waals surface area contributed by atoms with Gasteiger partial charge in [-0.2, -0.15) is 0 Å². The zero-order valence-electron chi connectivity index (χ0n) is 18.9. The summed E-state index contributed by atoms with van der Waals surface area (Å²) in [7, 11) is 0. The molecule has 0 aromatic carbocycles. The number of hydrogen-bond donors (Lipinski definition) is 0. The molecule has 0 unspecified atom stereocenters. The van der Waals surface area contributed by atoms with Gasteiger partial charge in [-0.1, -0.05) is 49.3 Å². The SMILES string of the molecule is CC1(C)O[C@]2(CC[C@@H]3[C@@H]4CC[C@H]5CCCC[C@]5(C)[C@H]4CC[C@@]32C)CN1C(=O)CI.